The second-order valence-electron chi connectivity index (χ2n) is 26.2. The van der Waals surface area contributed by atoms with E-state index in [1.54, 1.807) is 0 Å². The van der Waals surface area contributed by atoms with Crippen molar-refractivity contribution < 1.29 is 80.2 Å². The second kappa shape index (κ2) is 65.4. The van der Waals surface area contributed by atoms with Crippen molar-refractivity contribution in [3.05, 3.63) is 0 Å². The highest BCUT2D eigenvalue weighted by Crippen LogP contribution is 2.45. The minimum Gasteiger partial charge on any atom is -0.462 e. The Labute approximate surface area is 556 Å². The molecule has 540 valence electrons. The summed E-state index contributed by atoms with van der Waals surface area (Å²) in [4.78, 5) is 72.3. The van der Waals surface area contributed by atoms with Crippen LogP contribution in [0, 0.1) is 5.92 Å². The summed E-state index contributed by atoms with van der Waals surface area (Å²) < 4.78 is 68.1. The summed E-state index contributed by atoms with van der Waals surface area (Å²) in [5.74, 6) is -1.32. The molecular formula is C72H140O17P2. The highest BCUT2D eigenvalue weighted by Gasteiger charge is 2.30. The van der Waals surface area contributed by atoms with Crippen molar-refractivity contribution in [2.45, 2.75) is 393 Å². The van der Waals surface area contributed by atoms with Crippen LogP contribution in [0.4, 0.5) is 0 Å². The van der Waals surface area contributed by atoms with Crippen LogP contribution in [-0.2, 0) is 65.4 Å². The Kier molecular flexibility index (Phi) is 64.0. The van der Waals surface area contributed by atoms with Crippen LogP contribution in [0.5, 0.6) is 0 Å². The summed E-state index contributed by atoms with van der Waals surface area (Å²) in [6.45, 7) is 7.18. The summed E-state index contributed by atoms with van der Waals surface area (Å²) in [5.41, 5.74) is 0. The van der Waals surface area contributed by atoms with Gasteiger partial charge in [0.2, 0.25) is 0 Å². The van der Waals surface area contributed by atoms with Gasteiger partial charge in [0.1, 0.15) is 19.3 Å². The van der Waals surface area contributed by atoms with Gasteiger partial charge in [0.05, 0.1) is 26.4 Å². The van der Waals surface area contributed by atoms with Gasteiger partial charge < -0.3 is 33.8 Å². The number of esters is 4. The van der Waals surface area contributed by atoms with E-state index in [0.29, 0.717) is 25.7 Å². The molecule has 0 aliphatic carbocycles. The molecule has 17 nitrogen and oxygen atoms in total. The van der Waals surface area contributed by atoms with E-state index in [2.05, 4.69) is 34.6 Å². The van der Waals surface area contributed by atoms with E-state index in [0.717, 1.165) is 102 Å². The van der Waals surface area contributed by atoms with Crippen molar-refractivity contribution in [3.8, 4) is 0 Å². The lowest BCUT2D eigenvalue weighted by molar-refractivity contribution is -0.161. The van der Waals surface area contributed by atoms with Crippen molar-refractivity contribution in [3.63, 3.8) is 0 Å². The van der Waals surface area contributed by atoms with Crippen molar-refractivity contribution in [2.24, 2.45) is 5.92 Å². The molecule has 0 aliphatic rings. The molecule has 0 spiro atoms. The molecule has 0 saturated carbocycles. The molecule has 0 heterocycles. The number of rotatable bonds is 72. The molecule has 0 amide bonds. The maximum Gasteiger partial charge on any atom is 0.472 e. The lowest BCUT2D eigenvalue weighted by atomic mass is 9.99. The number of hydrogen-bond acceptors (Lipinski definition) is 15. The Morgan fingerprint density at radius 3 is 0.780 bits per heavy atom. The molecule has 0 bridgehead atoms. The molecule has 0 aromatic carbocycles. The first-order valence-corrected chi connectivity index (χ1v) is 40.7. The smallest absolute Gasteiger partial charge is 0.462 e. The van der Waals surface area contributed by atoms with E-state index in [9.17, 15) is 43.2 Å². The largest absolute Gasteiger partial charge is 0.472 e. The van der Waals surface area contributed by atoms with Crippen LogP contribution in [0.2, 0.25) is 0 Å². The topological polar surface area (TPSA) is 237 Å². The Hall–Kier alpha value is -1.94. The molecule has 6 atom stereocenters. The zero-order chi connectivity index (χ0) is 67.0. The van der Waals surface area contributed by atoms with E-state index in [-0.39, 0.29) is 25.7 Å². The van der Waals surface area contributed by atoms with Crippen LogP contribution in [0.3, 0.4) is 0 Å². The van der Waals surface area contributed by atoms with Gasteiger partial charge in [0.15, 0.2) is 12.2 Å². The summed E-state index contributed by atoms with van der Waals surface area (Å²) in [5, 5.41) is 10.6. The van der Waals surface area contributed by atoms with Crippen LogP contribution in [0.25, 0.3) is 0 Å². The monoisotopic (exact) mass is 1340 g/mol. The maximum atomic E-state index is 13.1. The Morgan fingerprint density at radius 1 is 0.308 bits per heavy atom. The Bertz CT molecular complexity index is 1760. The third-order valence-corrected chi connectivity index (χ3v) is 19.0. The van der Waals surface area contributed by atoms with Gasteiger partial charge in [-0.15, -0.1) is 0 Å². The van der Waals surface area contributed by atoms with Crippen molar-refractivity contribution in [2.75, 3.05) is 39.6 Å². The number of phosphoric acid groups is 2. The number of aliphatic hydroxyl groups excluding tert-OH is 1. The van der Waals surface area contributed by atoms with Crippen LogP contribution >= 0.6 is 15.6 Å². The maximum absolute atomic E-state index is 13.1. The van der Waals surface area contributed by atoms with E-state index >= 15 is 0 Å². The van der Waals surface area contributed by atoms with Gasteiger partial charge >= 0.3 is 39.5 Å². The van der Waals surface area contributed by atoms with Gasteiger partial charge in [-0.05, 0) is 31.6 Å². The number of ether oxygens (including phenoxy) is 4. The first kappa shape index (κ1) is 89.1. The average molecular weight is 1340 g/mol. The third-order valence-electron chi connectivity index (χ3n) is 17.1. The van der Waals surface area contributed by atoms with Crippen LogP contribution < -0.4 is 0 Å². The van der Waals surface area contributed by atoms with E-state index in [1.807, 2.05) is 0 Å². The first-order valence-electron chi connectivity index (χ1n) is 37.7. The fourth-order valence-electron chi connectivity index (χ4n) is 11.0. The molecule has 91 heavy (non-hydrogen) atoms. The zero-order valence-corrected chi connectivity index (χ0v) is 60.8. The summed E-state index contributed by atoms with van der Waals surface area (Å²) >= 11 is 0. The van der Waals surface area contributed by atoms with Gasteiger partial charge in [-0.2, -0.15) is 0 Å². The zero-order valence-electron chi connectivity index (χ0n) is 59.0. The van der Waals surface area contributed by atoms with Crippen molar-refractivity contribution >= 4 is 39.5 Å². The predicted octanol–water partition coefficient (Wildman–Crippen LogP) is 20.9. The fraction of sp³-hybridized carbons (Fsp3) is 0.944. The molecule has 0 aliphatic heterocycles. The molecule has 0 radical (unpaired) electrons. The summed E-state index contributed by atoms with van der Waals surface area (Å²) in [6.07, 6.45) is 53.2. The van der Waals surface area contributed by atoms with Crippen LogP contribution in [-0.4, -0.2) is 96.7 Å². The normalized spacial score (nSPS) is 14.3. The molecule has 0 saturated heterocycles. The fourth-order valence-corrected chi connectivity index (χ4v) is 12.5. The molecule has 0 rings (SSSR count). The number of carbonyl (C=O) groups excluding carboxylic acids is 4. The molecular weight excluding hydrogens is 1200 g/mol. The van der Waals surface area contributed by atoms with E-state index in [1.165, 1.54) is 193 Å². The summed E-state index contributed by atoms with van der Waals surface area (Å²) in [6, 6.07) is 0. The highest BCUT2D eigenvalue weighted by atomic mass is 31.2. The lowest BCUT2D eigenvalue weighted by Crippen LogP contribution is -2.30. The SMILES string of the molecule is CCCCCCCCCCCCCCCCCCCCCCCCC(=O)O[C@H](COC(=O)CCCCCCCCCCCCC(C)CC)COP(=O)(O)OC[C@@H](O)COP(=O)(O)OC[C@@H](COC(=O)CCCCCCC)OC(=O)CCCCCCCCCCCC. The standard InChI is InChI=1S/C72H140O17P2/c1-6-10-13-16-18-20-22-23-24-25-26-27-28-29-30-31-32-33-39-43-48-53-58-72(77)89-68(62-83-70(75)56-51-46-41-38-35-34-36-40-45-49-54-65(5)9-4)64-87-91(80,81)85-60-66(73)59-84-90(78,79)86-63-67(61-82-69(74)55-50-44-15-12-8-3)88-71(76)57-52-47-42-37-21-19-17-14-11-7-2/h65-68,73H,6-64H2,1-5H3,(H,78,79)(H,80,81)/t65?,66-,67+,68+/m0/s1. The van der Waals surface area contributed by atoms with Gasteiger partial charge in [-0.3, -0.25) is 37.3 Å². The molecule has 0 aromatic heterocycles. The predicted molar refractivity (Wildman–Crippen MR) is 368 cm³/mol. The number of phosphoric ester groups is 2. The van der Waals surface area contributed by atoms with Crippen molar-refractivity contribution in [1.29, 1.82) is 0 Å². The molecule has 0 fully saturated rings. The van der Waals surface area contributed by atoms with E-state index in [4.69, 9.17) is 37.0 Å². The van der Waals surface area contributed by atoms with Crippen LogP contribution in [0.1, 0.15) is 375 Å². The number of unbranched alkanes of at least 4 members (excludes halogenated alkanes) is 43. The van der Waals surface area contributed by atoms with Gasteiger partial charge in [0.25, 0.3) is 0 Å². The van der Waals surface area contributed by atoms with Crippen LogP contribution in [0.15, 0.2) is 0 Å². The average Bonchev–Trinajstić information content (AvgIpc) is 3.74. The van der Waals surface area contributed by atoms with Gasteiger partial charge in [0, 0.05) is 25.7 Å². The minimum absolute atomic E-state index is 0.106. The van der Waals surface area contributed by atoms with Crippen molar-refractivity contribution in [1.82, 2.24) is 0 Å². The molecule has 3 N–H and O–H groups in total. The summed E-state index contributed by atoms with van der Waals surface area (Å²) in [7, 11) is -9.89. The Balaban J connectivity index is 5.10. The number of aliphatic hydroxyl groups is 1. The third kappa shape index (κ3) is 65.1. The second-order valence-corrected chi connectivity index (χ2v) is 29.1. The number of hydrogen-bond donors (Lipinski definition) is 3. The molecule has 19 heteroatoms. The van der Waals surface area contributed by atoms with E-state index < -0.39 is 97.5 Å². The van der Waals surface area contributed by atoms with Gasteiger partial charge in [-0.1, -0.05) is 324 Å². The number of carbonyl (C=O) groups is 4. The van der Waals surface area contributed by atoms with Gasteiger partial charge in [-0.25, -0.2) is 9.13 Å². The Morgan fingerprint density at radius 2 is 0.527 bits per heavy atom. The quantitative estimate of drug-likeness (QED) is 0.0222. The molecule has 0 aromatic rings. The first-order chi connectivity index (χ1) is 44.1. The lowest BCUT2D eigenvalue weighted by Gasteiger charge is -2.21. The highest BCUT2D eigenvalue weighted by molar-refractivity contribution is 7.47. The molecule has 3 unspecified atom stereocenters. The minimum atomic E-state index is -4.95.